The van der Waals surface area contributed by atoms with Gasteiger partial charge in [-0.25, -0.2) is 0 Å². The van der Waals surface area contributed by atoms with Crippen molar-refractivity contribution in [1.82, 2.24) is 15.0 Å². The van der Waals surface area contributed by atoms with Crippen LogP contribution < -0.4 is 14.8 Å². The van der Waals surface area contributed by atoms with Gasteiger partial charge in [-0.05, 0) is 37.1 Å². The molecule has 0 bridgehead atoms. The largest absolute Gasteiger partial charge is 0.463 e. The van der Waals surface area contributed by atoms with Crippen molar-refractivity contribution in [2.75, 3.05) is 19.0 Å². The molecule has 0 unspecified atom stereocenters. The van der Waals surface area contributed by atoms with Gasteiger partial charge < -0.3 is 14.8 Å². The molecule has 21 heavy (non-hydrogen) atoms. The highest BCUT2D eigenvalue weighted by molar-refractivity contribution is 6.30. The molecule has 0 fully saturated rings. The van der Waals surface area contributed by atoms with Crippen molar-refractivity contribution < 1.29 is 9.47 Å². The average Bonchev–Trinajstić information content (AvgIpc) is 2.48. The number of hydrogen-bond acceptors (Lipinski definition) is 6. The first kappa shape index (κ1) is 15.3. The lowest BCUT2D eigenvalue weighted by atomic mass is 10.2. The minimum Gasteiger partial charge on any atom is -0.463 e. The van der Waals surface area contributed by atoms with E-state index in [1.807, 2.05) is 19.9 Å². The Morgan fingerprint density at radius 3 is 2.62 bits per heavy atom. The summed E-state index contributed by atoms with van der Waals surface area (Å²) >= 11 is 5.92. The summed E-state index contributed by atoms with van der Waals surface area (Å²) in [5.74, 6) is 1.02. The zero-order valence-electron chi connectivity index (χ0n) is 12.2. The second kappa shape index (κ2) is 7.08. The Bertz CT molecular complexity index is 622. The van der Waals surface area contributed by atoms with Crippen molar-refractivity contribution in [3.8, 4) is 17.8 Å². The van der Waals surface area contributed by atoms with Crippen LogP contribution in [0.3, 0.4) is 0 Å². The van der Waals surface area contributed by atoms with Crippen molar-refractivity contribution in [1.29, 1.82) is 0 Å². The Morgan fingerprint density at radius 1 is 1.19 bits per heavy atom. The summed E-state index contributed by atoms with van der Waals surface area (Å²) in [7, 11) is 1.72. The molecule has 1 N–H and O–H groups in total. The van der Waals surface area contributed by atoms with E-state index in [-0.39, 0.29) is 12.0 Å². The molecule has 0 aliphatic heterocycles. The minimum absolute atomic E-state index is 0.172. The summed E-state index contributed by atoms with van der Waals surface area (Å²) in [6.07, 6.45) is 0.868. The minimum atomic E-state index is 0.172. The van der Waals surface area contributed by atoms with Crippen molar-refractivity contribution >= 4 is 17.5 Å². The van der Waals surface area contributed by atoms with Gasteiger partial charge in [0.25, 0.3) is 0 Å². The second-order valence-electron chi connectivity index (χ2n) is 4.33. The molecule has 2 aromatic rings. The van der Waals surface area contributed by atoms with Gasteiger partial charge in [0.2, 0.25) is 5.95 Å². The molecule has 2 rings (SSSR count). The molecule has 0 aliphatic rings. The molecule has 1 aromatic carbocycles. The number of anilines is 1. The van der Waals surface area contributed by atoms with Gasteiger partial charge in [0.1, 0.15) is 5.75 Å². The number of nitrogens with one attached hydrogen (secondary N) is 1. The maximum atomic E-state index is 5.92. The quantitative estimate of drug-likeness (QED) is 0.881. The normalized spacial score (nSPS) is 10.3. The highest BCUT2D eigenvalue weighted by Crippen LogP contribution is 2.26. The van der Waals surface area contributed by atoms with Crippen LogP contribution in [0.4, 0.5) is 5.95 Å². The lowest BCUT2D eigenvalue weighted by Gasteiger charge is -2.10. The van der Waals surface area contributed by atoms with E-state index >= 15 is 0 Å². The van der Waals surface area contributed by atoms with Gasteiger partial charge in [-0.2, -0.15) is 9.97 Å². The number of benzene rings is 1. The van der Waals surface area contributed by atoms with E-state index in [2.05, 4.69) is 20.3 Å². The van der Waals surface area contributed by atoms with Crippen LogP contribution in [0.25, 0.3) is 0 Å². The van der Waals surface area contributed by atoms with Gasteiger partial charge in [-0.1, -0.05) is 18.5 Å². The van der Waals surface area contributed by atoms with Crippen molar-refractivity contribution in [2.45, 2.75) is 20.3 Å². The molecular formula is C14H17ClN4O2. The average molecular weight is 309 g/mol. The van der Waals surface area contributed by atoms with Crippen LogP contribution >= 0.6 is 11.6 Å². The third-order valence-corrected chi connectivity index (χ3v) is 2.83. The molecule has 0 aliphatic carbocycles. The van der Waals surface area contributed by atoms with Crippen LogP contribution in [0.1, 0.15) is 18.9 Å². The number of hydrogen-bond donors (Lipinski definition) is 1. The Hall–Kier alpha value is -2.08. The Kier molecular flexibility index (Phi) is 5.16. The highest BCUT2D eigenvalue weighted by Gasteiger charge is 2.10. The fourth-order valence-corrected chi connectivity index (χ4v) is 1.81. The molecule has 7 heteroatoms. The van der Waals surface area contributed by atoms with Crippen molar-refractivity contribution in [3.63, 3.8) is 0 Å². The summed E-state index contributed by atoms with van der Waals surface area (Å²) in [5.41, 5.74) is 0.893. The van der Waals surface area contributed by atoms with E-state index in [1.54, 1.807) is 19.2 Å². The van der Waals surface area contributed by atoms with Gasteiger partial charge in [-0.3, -0.25) is 0 Å². The SMILES string of the molecule is CCCOc1nc(NC)nc(Oc2ccc(Cl)cc2C)n1. The van der Waals surface area contributed by atoms with E-state index < -0.39 is 0 Å². The molecule has 1 heterocycles. The first-order chi connectivity index (χ1) is 10.1. The first-order valence-electron chi connectivity index (χ1n) is 6.63. The van der Waals surface area contributed by atoms with Gasteiger partial charge >= 0.3 is 12.0 Å². The molecular weight excluding hydrogens is 292 g/mol. The molecule has 0 amide bonds. The van der Waals surface area contributed by atoms with Crippen LogP contribution in [-0.4, -0.2) is 28.6 Å². The Balaban J connectivity index is 2.25. The van der Waals surface area contributed by atoms with Crippen LogP contribution in [0.15, 0.2) is 18.2 Å². The zero-order valence-corrected chi connectivity index (χ0v) is 12.9. The number of halogens is 1. The van der Waals surface area contributed by atoms with Crippen molar-refractivity contribution in [3.05, 3.63) is 28.8 Å². The number of aromatic nitrogens is 3. The van der Waals surface area contributed by atoms with Crippen LogP contribution in [0.2, 0.25) is 5.02 Å². The van der Waals surface area contributed by atoms with E-state index in [9.17, 15) is 0 Å². The first-order valence-corrected chi connectivity index (χ1v) is 7.00. The van der Waals surface area contributed by atoms with Gasteiger partial charge in [-0.15, -0.1) is 4.98 Å². The van der Waals surface area contributed by atoms with Gasteiger partial charge in [0, 0.05) is 12.1 Å². The smallest absolute Gasteiger partial charge is 0.330 e. The Labute approximate surface area is 128 Å². The zero-order chi connectivity index (χ0) is 15.2. The fourth-order valence-electron chi connectivity index (χ4n) is 1.58. The van der Waals surface area contributed by atoms with Crippen LogP contribution in [0.5, 0.6) is 17.8 Å². The number of aryl methyl sites for hydroxylation is 1. The molecule has 1 aromatic heterocycles. The molecule has 0 radical (unpaired) electrons. The lowest BCUT2D eigenvalue weighted by Crippen LogP contribution is -2.06. The maximum absolute atomic E-state index is 5.92. The number of nitrogens with zero attached hydrogens (tertiary/aromatic N) is 3. The van der Waals surface area contributed by atoms with E-state index in [0.717, 1.165) is 12.0 Å². The third-order valence-electron chi connectivity index (χ3n) is 2.59. The second-order valence-corrected chi connectivity index (χ2v) is 4.77. The predicted molar refractivity (Wildman–Crippen MR) is 81.4 cm³/mol. The predicted octanol–water partition coefficient (Wildman–Crippen LogP) is 3.46. The summed E-state index contributed by atoms with van der Waals surface area (Å²) in [4.78, 5) is 12.4. The maximum Gasteiger partial charge on any atom is 0.330 e. The highest BCUT2D eigenvalue weighted by atomic mass is 35.5. The molecule has 6 nitrogen and oxygen atoms in total. The number of ether oxygens (including phenoxy) is 2. The molecule has 112 valence electrons. The summed E-state index contributed by atoms with van der Waals surface area (Å²) in [6.45, 7) is 4.44. The molecule has 0 saturated heterocycles. The van der Waals surface area contributed by atoms with E-state index in [4.69, 9.17) is 21.1 Å². The van der Waals surface area contributed by atoms with Crippen LogP contribution in [-0.2, 0) is 0 Å². The van der Waals surface area contributed by atoms with Crippen molar-refractivity contribution in [2.24, 2.45) is 0 Å². The molecule has 0 atom stereocenters. The number of rotatable bonds is 6. The standard InChI is InChI=1S/C14H17ClN4O2/c1-4-7-20-13-17-12(16-3)18-14(19-13)21-11-6-5-10(15)8-9(11)2/h5-6,8H,4,7H2,1-3H3,(H,16,17,18,19). The molecule has 0 saturated carbocycles. The van der Waals surface area contributed by atoms with E-state index in [1.165, 1.54) is 0 Å². The third kappa shape index (κ3) is 4.19. The van der Waals surface area contributed by atoms with Crippen LogP contribution in [0, 0.1) is 6.92 Å². The Morgan fingerprint density at radius 2 is 1.95 bits per heavy atom. The topological polar surface area (TPSA) is 69.2 Å². The summed E-state index contributed by atoms with van der Waals surface area (Å²) in [6, 6.07) is 5.74. The van der Waals surface area contributed by atoms with Gasteiger partial charge in [0.05, 0.1) is 6.61 Å². The summed E-state index contributed by atoms with van der Waals surface area (Å²) in [5, 5.41) is 3.50. The lowest BCUT2D eigenvalue weighted by molar-refractivity contribution is 0.285. The van der Waals surface area contributed by atoms with E-state index in [0.29, 0.717) is 23.3 Å². The molecule has 0 spiro atoms. The summed E-state index contributed by atoms with van der Waals surface area (Å²) < 4.78 is 11.1. The fraction of sp³-hybridized carbons (Fsp3) is 0.357. The van der Waals surface area contributed by atoms with Gasteiger partial charge in [0.15, 0.2) is 0 Å². The monoisotopic (exact) mass is 308 g/mol.